The largest absolute Gasteiger partial charge is 0.476 e. The number of likely N-dealkylation sites (tertiary alicyclic amines) is 1. The molecule has 15 heavy (non-hydrogen) atoms. The van der Waals surface area contributed by atoms with Gasteiger partial charge >= 0.3 is 0 Å². The number of ether oxygens (including phenoxy) is 1. The van der Waals surface area contributed by atoms with Gasteiger partial charge in [0.25, 0.3) is 0 Å². The lowest BCUT2D eigenvalue weighted by atomic mass is 10.2. The zero-order chi connectivity index (χ0) is 10.7. The molecule has 1 saturated heterocycles. The first-order valence-corrected chi connectivity index (χ1v) is 5.53. The van der Waals surface area contributed by atoms with E-state index in [0.717, 1.165) is 12.5 Å². The van der Waals surface area contributed by atoms with Crippen LogP contribution in [0.4, 0.5) is 0 Å². The molecule has 0 radical (unpaired) electrons. The van der Waals surface area contributed by atoms with Crippen molar-refractivity contribution in [1.29, 1.82) is 0 Å². The number of aromatic nitrogens is 1. The van der Waals surface area contributed by atoms with Crippen molar-refractivity contribution in [1.82, 2.24) is 9.88 Å². The van der Waals surface area contributed by atoms with Crippen LogP contribution in [0.2, 0.25) is 0 Å². The molecule has 0 aromatic carbocycles. The Morgan fingerprint density at radius 3 is 2.93 bits per heavy atom. The van der Waals surface area contributed by atoms with Crippen molar-refractivity contribution in [2.75, 3.05) is 13.7 Å². The molecule has 82 valence electrons. The van der Waals surface area contributed by atoms with Crippen LogP contribution in [0.25, 0.3) is 0 Å². The van der Waals surface area contributed by atoms with Gasteiger partial charge in [-0.25, -0.2) is 4.98 Å². The molecule has 2 rings (SSSR count). The molecule has 1 aromatic heterocycles. The molecule has 0 bridgehead atoms. The minimum absolute atomic E-state index is 0.544. The molecule has 2 atom stereocenters. The minimum atomic E-state index is 0.544. The monoisotopic (exact) mass is 206 g/mol. The van der Waals surface area contributed by atoms with E-state index in [9.17, 15) is 0 Å². The first kappa shape index (κ1) is 10.4. The average molecular weight is 206 g/mol. The van der Waals surface area contributed by atoms with E-state index >= 15 is 0 Å². The van der Waals surface area contributed by atoms with Gasteiger partial charge in [-0.05, 0) is 32.9 Å². The maximum Gasteiger partial charge on any atom is 0.213 e. The second-order valence-corrected chi connectivity index (χ2v) is 4.22. The molecule has 0 saturated carbocycles. The third-order valence-electron chi connectivity index (χ3n) is 3.25. The lowest BCUT2D eigenvalue weighted by Gasteiger charge is -2.22. The van der Waals surface area contributed by atoms with Crippen molar-refractivity contribution >= 4 is 0 Å². The maximum atomic E-state index is 5.66. The van der Waals surface area contributed by atoms with E-state index < -0.39 is 0 Å². The van der Waals surface area contributed by atoms with Crippen LogP contribution in [0, 0.1) is 0 Å². The Kier molecular flexibility index (Phi) is 3.21. The lowest BCUT2D eigenvalue weighted by molar-refractivity contribution is 0.171. The summed E-state index contributed by atoms with van der Waals surface area (Å²) in [6.07, 6.45) is 4.26. The number of likely N-dealkylation sites (N-methyl/N-ethyl adjacent to an activating group) is 1. The molecule has 0 spiro atoms. The molecule has 1 aliphatic heterocycles. The summed E-state index contributed by atoms with van der Waals surface area (Å²) < 4.78 is 5.66. The molecule has 0 N–H and O–H groups in total. The van der Waals surface area contributed by atoms with Crippen molar-refractivity contribution in [2.24, 2.45) is 0 Å². The molecule has 1 fully saturated rings. The average Bonchev–Trinajstić information content (AvgIpc) is 2.59. The zero-order valence-corrected chi connectivity index (χ0v) is 9.39. The summed E-state index contributed by atoms with van der Waals surface area (Å²) in [7, 11) is 2.17. The molecule has 0 amide bonds. The van der Waals surface area contributed by atoms with Crippen LogP contribution in [0.5, 0.6) is 5.88 Å². The van der Waals surface area contributed by atoms with Crippen LogP contribution in [-0.2, 0) is 0 Å². The topological polar surface area (TPSA) is 25.4 Å². The first-order valence-electron chi connectivity index (χ1n) is 5.53. The summed E-state index contributed by atoms with van der Waals surface area (Å²) in [5.74, 6) is 0.727. The van der Waals surface area contributed by atoms with Gasteiger partial charge in [-0.15, -0.1) is 0 Å². The number of nitrogens with zero attached hydrogens (tertiary/aromatic N) is 2. The van der Waals surface area contributed by atoms with Crippen molar-refractivity contribution in [3.8, 4) is 5.88 Å². The Morgan fingerprint density at radius 1 is 1.47 bits per heavy atom. The van der Waals surface area contributed by atoms with E-state index in [2.05, 4.69) is 23.9 Å². The van der Waals surface area contributed by atoms with E-state index in [1.165, 1.54) is 12.8 Å². The summed E-state index contributed by atoms with van der Waals surface area (Å²) in [5.41, 5.74) is 0. The smallest absolute Gasteiger partial charge is 0.213 e. The van der Waals surface area contributed by atoms with E-state index in [1.54, 1.807) is 6.20 Å². The van der Waals surface area contributed by atoms with Crippen LogP contribution >= 0.6 is 0 Å². The number of hydrogen-bond donors (Lipinski definition) is 0. The van der Waals surface area contributed by atoms with Gasteiger partial charge in [-0.1, -0.05) is 6.07 Å². The van der Waals surface area contributed by atoms with Crippen LogP contribution in [0.3, 0.4) is 0 Å². The van der Waals surface area contributed by atoms with Crippen LogP contribution in [-0.4, -0.2) is 35.6 Å². The summed E-state index contributed by atoms with van der Waals surface area (Å²) in [4.78, 5) is 6.53. The van der Waals surface area contributed by atoms with Gasteiger partial charge in [-0.2, -0.15) is 0 Å². The molecule has 3 nitrogen and oxygen atoms in total. The molecular formula is C12H18N2O. The van der Waals surface area contributed by atoms with Crippen LogP contribution < -0.4 is 4.74 Å². The fourth-order valence-corrected chi connectivity index (χ4v) is 2.02. The molecular weight excluding hydrogens is 188 g/mol. The van der Waals surface area contributed by atoms with Crippen molar-refractivity contribution < 1.29 is 4.74 Å². The predicted molar refractivity (Wildman–Crippen MR) is 60.0 cm³/mol. The van der Waals surface area contributed by atoms with Gasteiger partial charge in [0.05, 0.1) is 0 Å². The van der Waals surface area contributed by atoms with Crippen molar-refractivity contribution in [2.45, 2.75) is 31.8 Å². The van der Waals surface area contributed by atoms with Crippen LogP contribution in [0.1, 0.15) is 19.8 Å². The van der Waals surface area contributed by atoms with Crippen molar-refractivity contribution in [3.63, 3.8) is 0 Å². The van der Waals surface area contributed by atoms with Gasteiger partial charge in [0.15, 0.2) is 0 Å². The standard InChI is InChI=1S/C12H18N2O/c1-10-6-7-11(14(10)2)9-15-12-5-3-4-8-13-12/h3-5,8,10-11H,6-7,9H2,1-2H3. The Labute approximate surface area is 91.1 Å². The van der Waals surface area contributed by atoms with E-state index in [0.29, 0.717) is 12.1 Å². The quantitative estimate of drug-likeness (QED) is 0.755. The zero-order valence-electron chi connectivity index (χ0n) is 9.39. The van der Waals surface area contributed by atoms with Gasteiger partial charge in [-0.3, -0.25) is 4.90 Å². The highest BCUT2D eigenvalue weighted by Crippen LogP contribution is 2.22. The van der Waals surface area contributed by atoms with Gasteiger partial charge in [0.1, 0.15) is 6.61 Å². The van der Waals surface area contributed by atoms with Gasteiger partial charge < -0.3 is 4.74 Å². The highest BCUT2D eigenvalue weighted by atomic mass is 16.5. The third kappa shape index (κ3) is 2.48. The number of hydrogen-bond acceptors (Lipinski definition) is 3. The van der Waals surface area contributed by atoms with E-state index in [4.69, 9.17) is 4.74 Å². The second kappa shape index (κ2) is 4.62. The summed E-state index contributed by atoms with van der Waals surface area (Å²) in [6.45, 7) is 3.01. The minimum Gasteiger partial charge on any atom is -0.476 e. The van der Waals surface area contributed by atoms with E-state index in [-0.39, 0.29) is 0 Å². The van der Waals surface area contributed by atoms with Crippen molar-refractivity contribution in [3.05, 3.63) is 24.4 Å². The Morgan fingerprint density at radius 2 is 2.33 bits per heavy atom. The summed E-state index contributed by atoms with van der Waals surface area (Å²) in [5, 5.41) is 0. The second-order valence-electron chi connectivity index (χ2n) is 4.22. The summed E-state index contributed by atoms with van der Waals surface area (Å²) in [6, 6.07) is 6.97. The highest BCUT2D eigenvalue weighted by Gasteiger charge is 2.27. The third-order valence-corrected chi connectivity index (χ3v) is 3.25. The Hall–Kier alpha value is -1.09. The maximum absolute atomic E-state index is 5.66. The van der Waals surface area contributed by atoms with Gasteiger partial charge in [0.2, 0.25) is 5.88 Å². The highest BCUT2D eigenvalue weighted by molar-refractivity contribution is 5.09. The lowest BCUT2D eigenvalue weighted by Crippen LogP contribution is -2.34. The normalized spacial score (nSPS) is 26.8. The number of rotatable bonds is 3. The fourth-order valence-electron chi connectivity index (χ4n) is 2.02. The first-order chi connectivity index (χ1) is 7.27. The molecule has 0 aliphatic carbocycles. The molecule has 1 aromatic rings. The Balaban J connectivity index is 1.84. The fraction of sp³-hybridized carbons (Fsp3) is 0.583. The predicted octanol–water partition coefficient (Wildman–Crippen LogP) is 1.94. The van der Waals surface area contributed by atoms with E-state index in [1.807, 2.05) is 18.2 Å². The molecule has 2 heterocycles. The summed E-state index contributed by atoms with van der Waals surface area (Å²) >= 11 is 0. The molecule has 3 heteroatoms. The van der Waals surface area contributed by atoms with Crippen LogP contribution in [0.15, 0.2) is 24.4 Å². The molecule has 1 aliphatic rings. The Bertz CT molecular complexity index is 302. The molecule has 2 unspecified atom stereocenters. The van der Waals surface area contributed by atoms with Gasteiger partial charge in [0, 0.05) is 24.3 Å². The number of pyridine rings is 1. The SMILES string of the molecule is CC1CCC(COc2ccccn2)N1C.